The fourth-order valence-electron chi connectivity index (χ4n) is 9.09. The molecule has 52 heavy (non-hydrogen) atoms. The summed E-state index contributed by atoms with van der Waals surface area (Å²) in [6.45, 7) is 12.0. The maximum absolute atomic E-state index is 17.2. The molecule has 4 atom stereocenters. The molecule has 5 aliphatic rings. The van der Waals surface area contributed by atoms with Gasteiger partial charge in [0.15, 0.2) is 5.82 Å². The van der Waals surface area contributed by atoms with Gasteiger partial charge in [-0.2, -0.15) is 0 Å². The molecule has 10 nitrogen and oxygen atoms in total. The van der Waals surface area contributed by atoms with Crippen molar-refractivity contribution in [1.82, 2.24) is 19.8 Å². The fourth-order valence-corrected chi connectivity index (χ4v) is 9.09. The zero-order valence-corrected chi connectivity index (χ0v) is 30.6. The van der Waals surface area contributed by atoms with Gasteiger partial charge in [-0.1, -0.05) is 36.4 Å². The Balaban J connectivity index is 1.28. The van der Waals surface area contributed by atoms with Crippen LogP contribution >= 0.6 is 0 Å². The van der Waals surface area contributed by atoms with Gasteiger partial charge in [0.05, 0.1) is 36.3 Å². The molecule has 5 aliphatic heterocycles. The maximum atomic E-state index is 17.2. The number of rotatable bonds is 2. The molecule has 0 saturated carbocycles. The van der Waals surface area contributed by atoms with E-state index in [1.807, 2.05) is 82.0 Å². The van der Waals surface area contributed by atoms with Crippen molar-refractivity contribution in [2.75, 3.05) is 43.1 Å². The predicted octanol–water partition coefficient (Wildman–Crippen LogP) is 7.53. The van der Waals surface area contributed by atoms with Crippen LogP contribution in [0.15, 0.2) is 66.4 Å². The van der Waals surface area contributed by atoms with Gasteiger partial charge >= 0.3 is 6.09 Å². The van der Waals surface area contributed by atoms with Crippen molar-refractivity contribution in [2.45, 2.75) is 83.6 Å². The number of hydrogen-bond donors (Lipinski definition) is 0. The summed E-state index contributed by atoms with van der Waals surface area (Å²) in [6, 6.07) is 11.6. The number of carbonyl (C=O) groups excluding carboxylic acids is 1. The van der Waals surface area contributed by atoms with E-state index in [1.54, 1.807) is 12.5 Å². The van der Waals surface area contributed by atoms with Gasteiger partial charge in [-0.3, -0.25) is 4.98 Å². The minimum absolute atomic E-state index is 0.0584. The monoisotopic (exact) mass is 704 g/mol. The lowest BCUT2D eigenvalue weighted by Gasteiger charge is -2.56. The molecule has 11 heteroatoms. The Morgan fingerprint density at radius 2 is 1.88 bits per heavy atom. The van der Waals surface area contributed by atoms with Crippen molar-refractivity contribution in [3.05, 3.63) is 77.8 Å². The van der Waals surface area contributed by atoms with Crippen molar-refractivity contribution in [3.63, 3.8) is 0 Å². The highest BCUT2D eigenvalue weighted by atomic mass is 19.1. The third kappa shape index (κ3) is 5.10. The number of allylic oxidation sites excluding steroid dienone is 1. The first kappa shape index (κ1) is 33.0. The molecule has 2 fully saturated rings. The summed E-state index contributed by atoms with van der Waals surface area (Å²) >= 11 is 0. The Hall–Kier alpha value is -4.90. The number of carbonyl (C=O) groups is 1. The summed E-state index contributed by atoms with van der Waals surface area (Å²) in [5.74, 6) is 0.753. The van der Waals surface area contributed by atoms with Gasteiger partial charge in [-0.15, -0.1) is 0 Å². The lowest BCUT2D eigenvalue weighted by molar-refractivity contribution is 0.0130. The van der Waals surface area contributed by atoms with E-state index in [9.17, 15) is 4.79 Å². The van der Waals surface area contributed by atoms with Crippen molar-refractivity contribution >= 4 is 39.1 Å². The van der Waals surface area contributed by atoms with Crippen molar-refractivity contribution in [1.29, 1.82) is 0 Å². The molecule has 0 unspecified atom stereocenters. The maximum Gasteiger partial charge on any atom is 0.410 e. The van der Waals surface area contributed by atoms with Gasteiger partial charge in [-0.05, 0) is 83.5 Å². The van der Waals surface area contributed by atoms with Gasteiger partial charge in [0.2, 0.25) is 5.88 Å². The summed E-state index contributed by atoms with van der Waals surface area (Å²) in [4.78, 5) is 32.6. The fraction of sp³-hybridized carbons (Fsp3) is 0.439. The SMILES string of the molecule is Cc1cccc2cccc(-c3ncc4c5c6c(nc4c3F)OC[C@@H]([C@@H]3CCCN3C)N6C(=C3CC=CO3)[C@H]3CN(C(=O)OC(C)(C)C)[C@H](C)CN53)c12. The average molecular weight is 705 g/mol. The van der Waals surface area contributed by atoms with Gasteiger partial charge in [0.25, 0.3) is 0 Å². The van der Waals surface area contributed by atoms with Gasteiger partial charge < -0.3 is 33.8 Å². The highest BCUT2D eigenvalue weighted by Crippen LogP contribution is 2.55. The van der Waals surface area contributed by atoms with Crippen LogP contribution in [0.25, 0.3) is 32.9 Å². The molecular weight excluding hydrogens is 659 g/mol. The third-order valence-electron chi connectivity index (χ3n) is 11.4. The minimum Gasteiger partial charge on any atom is -0.474 e. The standard InChI is InChI=1S/C41H45FN6O4/c1-23-11-7-12-25-13-8-14-26(32(23)25)34-33(42)35-27(19-43-34)36-38-39(44-35)51-22-30(28-15-9-17-45(28)6)48(38)37(31-16-10-18-50-31)29-21-46(24(2)20-47(29)36)40(49)52-41(3,4)5/h7-8,10-14,18-19,24,28-30H,9,15-17,20-22H2,1-6H3/t24-,28+,29-,30+/m1/s1. The van der Waals surface area contributed by atoms with E-state index in [2.05, 4.69) is 21.7 Å². The first-order chi connectivity index (χ1) is 25.0. The number of nitrogens with zero attached hydrogens (tertiary/aromatic N) is 6. The Morgan fingerprint density at radius 1 is 1.08 bits per heavy atom. The highest BCUT2D eigenvalue weighted by Gasteiger charge is 2.52. The molecule has 0 bridgehead atoms. The molecule has 2 aromatic heterocycles. The number of likely N-dealkylation sites (N-methyl/N-ethyl adjacent to an activating group) is 1. The Morgan fingerprint density at radius 3 is 2.62 bits per heavy atom. The van der Waals surface area contributed by atoms with Crippen LogP contribution in [0, 0.1) is 12.7 Å². The number of piperazine rings is 1. The molecule has 9 rings (SSSR count). The number of amides is 1. The number of hydrogen-bond acceptors (Lipinski definition) is 9. The van der Waals surface area contributed by atoms with Crippen molar-refractivity contribution in [2.24, 2.45) is 0 Å². The Labute approximate surface area is 303 Å². The number of fused-ring (bicyclic) bond motifs is 5. The van der Waals surface area contributed by atoms with Crippen LogP contribution in [0.3, 0.4) is 0 Å². The lowest BCUT2D eigenvalue weighted by atomic mass is 9.91. The number of likely N-dealkylation sites (tertiary alicyclic amines) is 1. The zero-order valence-electron chi connectivity index (χ0n) is 30.6. The highest BCUT2D eigenvalue weighted by molar-refractivity contribution is 6.06. The number of aryl methyl sites for hydroxylation is 1. The van der Waals surface area contributed by atoms with E-state index in [4.69, 9.17) is 24.2 Å². The summed E-state index contributed by atoms with van der Waals surface area (Å²) in [5.41, 5.74) is 4.24. The molecule has 270 valence electrons. The molecule has 0 radical (unpaired) electrons. The molecule has 0 N–H and O–H groups in total. The van der Waals surface area contributed by atoms with E-state index in [0.717, 1.165) is 64.1 Å². The van der Waals surface area contributed by atoms with Crippen molar-refractivity contribution < 1.29 is 23.4 Å². The quantitative estimate of drug-likeness (QED) is 0.210. The molecule has 7 heterocycles. The first-order valence-corrected chi connectivity index (χ1v) is 18.4. The van der Waals surface area contributed by atoms with Crippen LogP contribution in [0.1, 0.15) is 52.5 Å². The predicted molar refractivity (Wildman–Crippen MR) is 200 cm³/mol. The van der Waals surface area contributed by atoms with Crippen LogP contribution in [0.4, 0.5) is 20.6 Å². The average Bonchev–Trinajstić information content (AvgIpc) is 3.80. The second-order valence-electron chi connectivity index (χ2n) is 15.9. The third-order valence-corrected chi connectivity index (χ3v) is 11.4. The van der Waals surface area contributed by atoms with Crippen molar-refractivity contribution in [3.8, 4) is 17.1 Å². The van der Waals surface area contributed by atoms with Gasteiger partial charge in [-0.25, -0.2) is 14.2 Å². The van der Waals surface area contributed by atoms with E-state index in [-0.39, 0.29) is 41.5 Å². The second kappa shape index (κ2) is 12.1. The largest absolute Gasteiger partial charge is 0.474 e. The molecular formula is C41H45FN6O4. The summed E-state index contributed by atoms with van der Waals surface area (Å²) in [6.07, 6.45) is 7.94. The summed E-state index contributed by atoms with van der Waals surface area (Å²) in [7, 11) is 2.17. The Kier molecular flexibility index (Phi) is 7.66. The summed E-state index contributed by atoms with van der Waals surface area (Å²) < 4.78 is 36.0. The smallest absolute Gasteiger partial charge is 0.410 e. The minimum atomic E-state index is -0.643. The van der Waals surface area contributed by atoms with E-state index in [0.29, 0.717) is 37.4 Å². The normalized spacial score (nSPS) is 25.7. The van der Waals surface area contributed by atoms with E-state index >= 15 is 4.39 Å². The van der Waals surface area contributed by atoms with Crippen LogP contribution in [0.5, 0.6) is 5.88 Å². The van der Waals surface area contributed by atoms with Gasteiger partial charge in [0.1, 0.15) is 34.9 Å². The molecule has 2 aromatic carbocycles. The van der Waals surface area contributed by atoms with Crippen LogP contribution in [-0.4, -0.2) is 88.9 Å². The topological polar surface area (TPSA) is 83.5 Å². The zero-order chi connectivity index (χ0) is 36.1. The van der Waals surface area contributed by atoms with Crippen LogP contribution in [0.2, 0.25) is 0 Å². The number of benzene rings is 2. The number of halogens is 1. The number of pyridine rings is 2. The summed E-state index contributed by atoms with van der Waals surface area (Å²) in [5, 5.41) is 2.61. The molecule has 4 aromatic rings. The van der Waals surface area contributed by atoms with E-state index in [1.165, 1.54) is 0 Å². The Bertz CT molecular complexity index is 2180. The lowest BCUT2D eigenvalue weighted by Crippen LogP contribution is -2.66. The van der Waals surface area contributed by atoms with Crippen LogP contribution in [-0.2, 0) is 9.47 Å². The second-order valence-corrected chi connectivity index (χ2v) is 15.9. The van der Waals surface area contributed by atoms with Gasteiger partial charge in [0, 0.05) is 42.2 Å². The number of aromatic nitrogens is 2. The molecule has 0 aliphatic carbocycles. The number of ether oxygens (including phenoxy) is 3. The van der Waals surface area contributed by atoms with E-state index < -0.39 is 11.4 Å². The van der Waals surface area contributed by atoms with Crippen LogP contribution < -0.4 is 14.5 Å². The molecule has 2 saturated heterocycles. The molecule has 1 amide bonds. The molecule has 0 spiro atoms. The first-order valence-electron chi connectivity index (χ1n) is 18.4. The number of anilines is 2.